The molecule has 5 nitrogen and oxygen atoms in total. The molecule has 0 bridgehead atoms. The lowest BCUT2D eigenvalue weighted by atomic mass is 10.1. The van der Waals surface area contributed by atoms with Crippen molar-refractivity contribution in [1.82, 2.24) is 10.2 Å². The quantitative estimate of drug-likeness (QED) is 0.771. The number of carbonyl (C=O) groups excluding carboxylic acids is 1. The highest BCUT2D eigenvalue weighted by molar-refractivity contribution is 6.08. The summed E-state index contributed by atoms with van der Waals surface area (Å²) in [6.45, 7) is 3.76. The zero-order chi connectivity index (χ0) is 14.8. The Morgan fingerprint density at radius 3 is 2.71 bits per heavy atom. The minimum absolute atomic E-state index is 0.207. The Morgan fingerprint density at radius 2 is 2.00 bits per heavy atom. The van der Waals surface area contributed by atoms with Gasteiger partial charge in [0, 0.05) is 11.4 Å². The van der Waals surface area contributed by atoms with E-state index in [2.05, 4.69) is 15.5 Å². The van der Waals surface area contributed by atoms with Gasteiger partial charge in [0.2, 0.25) is 0 Å². The van der Waals surface area contributed by atoms with E-state index in [-0.39, 0.29) is 5.91 Å². The smallest absolute Gasteiger partial charge is 0.259 e. The number of nitrogens with zero attached hydrogens (tertiary/aromatic N) is 1. The average molecular weight is 281 g/mol. The summed E-state index contributed by atoms with van der Waals surface area (Å²) in [4.78, 5) is 12.6. The number of benzene rings is 1. The number of aryl methyl sites for hydroxylation is 2. The molecule has 3 aromatic rings. The SMILES string of the molecule is Cc1ccccc1NC(=O)c1c(-c2ccco2)n[nH]c1C. The Labute approximate surface area is 122 Å². The molecule has 0 aliphatic carbocycles. The maximum Gasteiger partial charge on any atom is 0.259 e. The van der Waals surface area contributed by atoms with E-state index in [9.17, 15) is 4.79 Å². The number of aromatic nitrogens is 2. The van der Waals surface area contributed by atoms with Crippen molar-refractivity contribution in [1.29, 1.82) is 0 Å². The van der Waals surface area contributed by atoms with Crippen LogP contribution in [0.2, 0.25) is 0 Å². The summed E-state index contributed by atoms with van der Waals surface area (Å²) in [5, 5.41) is 9.91. The van der Waals surface area contributed by atoms with Crippen molar-refractivity contribution >= 4 is 11.6 Å². The van der Waals surface area contributed by atoms with Crippen LogP contribution in [0.15, 0.2) is 47.1 Å². The molecule has 0 radical (unpaired) electrons. The first-order chi connectivity index (χ1) is 10.2. The van der Waals surface area contributed by atoms with Crippen molar-refractivity contribution in [2.45, 2.75) is 13.8 Å². The van der Waals surface area contributed by atoms with Crippen LogP contribution in [-0.2, 0) is 0 Å². The predicted octanol–water partition coefficient (Wildman–Crippen LogP) is 3.54. The highest BCUT2D eigenvalue weighted by atomic mass is 16.3. The van der Waals surface area contributed by atoms with Gasteiger partial charge in [-0.15, -0.1) is 0 Å². The summed E-state index contributed by atoms with van der Waals surface area (Å²) in [6.07, 6.45) is 1.56. The number of H-pyrrole nitrogens is 1. The molecule has 0 spiro atoms. The van der Waals surface area contributed by atoms with Crippen molar-refractivity contribution in [3.05, 3.63) is 59.5 Å². The lowest BCUT2D eigenvalue weighted by Crippen LogP contribution is -2.14. The van der Waals surface area contributed by atoms with Gasteiger partial charge in [-0.3, -0.25) is 9.89 Å². The maximum atomic E-state index is 12.6. The third-order valence-electron chi connectivity index (χ3n) is 3.32. The van der Waals surface area contributed by atoms with E-state index in [1.54, 1.807) is 18.4 Å². The van der Waals surface area contributed by atoms with Crippen LogP contribution in [0.25, 0.3) is 11.5 Å². The third kappa shape index (κ3) is 2.45. The number of amides is 1. The van der Waals surface area contributed by atoms with Crippen molar-refractivity contribution in [3.8, 4) is 11.5 Å². The first kappa shape index (κ1) is 13.2. The number of carbonyl (C=O) groups is 1. The fourth-order valence-electron chi connectivity index (χ4n) is 2.20. The first-order valence-electron chi connectivity index (χ1n) is 6.62. The van der Waals surface area contributed by atoms with Gasteiger partial charge in [0.05, 0.1) is 11.8 Å². The van der Waals surface area contributed by atoms with E-state index in [4.69, 9.17) is 4.42 Å². The number of aromatic amines is 1. The molecular formula is C16H15N3O2. The molecule has 21 heavy (non-hydrogen) atoms. The summed E-state index contributed by atoms with van der Waals surface area (Å²) in [6, 6.07) is 11.2. The van der Waals surface area contributed by atoms with Crippen molar-refractivity contribution in [2.24, 2.45) is 0 Å². The number of rotatable bonds is 3. The Hall–Kier alpha value is -2.82. The van der Waals surface area contributed by atoms with Crippen LogP contribution in [0, 0.1) is 13.8 Å². The molecule has 2 N–H and O–H groups in total. The molecule has 3 rings (SSSR count). The Morgan fingerprint density at radius 1 is 1.19 bits per heavy atom. The summed E-state index contributed by atoms with van der Waals surface area (Å²) in [7, 11) is 0. The van der Waals surface area contributed by atoms with Crippen molar-refractivity contribution < 1.29 is 9.21 Å². The summed E-state index contributed by atoms with van der Waals surface area (Å²) in [5.74, 6) is 0.358. The maximum absolute atomic E-state index is 12.6. The van der Waals surface area contributed by atoms with Gasteiger partial charge < -0.3 is 9.73 Å². The molecule has 0 unspecified atom stereocenters. The predicted molar refractivity (Wildman–Crippen MR) is 80.2 cm³/mol. The van der Waals surface area contributed by atoms with E-state index in [1.807, 2.05) is 38.1 Å². The van der Waals surface area contributed by atoms with E-state index in [0.29, 0.717) is 22.7 Å². The molecule has 0 atom stereocenters. The third-order valence-corrected chi connectivity index (χ3v) is 3.32. The minimum atomic E-state index is -0.207. The molecule has 1 amide bonds. The number of nitrogens with one attached hydrogen (secondary N) is 2. The van der Waals surface area contributed by atoms with Crippen LogP contribution >= 0.6 is 0 Å². The second-order valence-corrected chi connectivity index (χ2v) is 4.82. The van der Waals surface area contributed by atoms with Gasteiger partial charge in [0.25, 0.3) is 5.91 Å². The van der Waals surface area contributed by atoms with Crippen LogP contribution in [0.5, 0.6) is 0 Å². The molecule has 2 heterocycles. The largest absolute Gasteiger partial charge is 0.463 e. The number of furan rings is 1. The molecule has 0 saturated heterocycles. The second kappa shape index (κ2) is 5.28. The van der Waals surface area contributed by atoms with Crippen molar-refractivity contribution in [3.63, 3.8) is 0 Å². The van der Waals surface area contributed by atoms with E-state index in [1.165, 1.54) is 0 Å². The molecule has 1 aromatic carbocycles. The molecule has 106 valence electrons. The monoisotopic (exact) mass is 281 g/mol. The summed E-state index contributed by atoms with van der Waals surface area (Å²) >= 11 is 0. The molecule has 5 heteroatoms. The van der Waals surface area contributed by atoms with Gasteiger partial charge in [-0.2, -0.15) is 5.10 Å². The second-order valence-electron chi connectivity index (χ2n) is 4.82. The van der Waals surface area contributed by atoms with Crippen LogP contribution in [0.4, 0.5) is 5.69 Å². The highest BCUT2D eigenvalue weighted by Crippen LogP contribution is 2.25. The van der Waals surface area contributed by atoms with Gasteiger partial charge in [-0.1, -0.05) is 18.2 Å². The van der Waals surface area contributed by atoms with Gasteiger partial charge in [-0.05, 0) is 37.6 Å². The fraction of sp³-hybridized carbons (Fsp3) is 0.125. The van der Waals surface area contributed by atoms with E-state index >= 15 is 0 Å². The zero-order valence-corrected chi connectivity index (χ0v) is 11.8. The molecule has 0 aliphatic heterocycles. The van der Waals surface area contributed by atoms with Gasteiger partial charge in [0.1, 0.15) is 5.69 Å². The highest BCUT2D eigenvalue weighted by Gasteiger charge is 2.21. The number of hydrogen-bond donors (Lipinski definition) is 2. The first-order valence-corrected chi connectivity index (χ1v) is 6.62. The van der Waals surface area contributed by atoms with Gasteiger partial charge in [-0.25, -0.2) is 0 Å². The Kier molecular flexibility index (Phi) is 3.31. The fourth-order valence-corrected chi connectivity index (χ4v) is 2.20. The van der Waals surface area contributed by atoms with Crippen LogP contribution in [0.1, 0.15) is 21.6 Å². The van der Waals surface area contributed by atoms with Crippen LogP contribution in [0.3, 0.4) is 0 Å². The van der Waals surface area contributed by atoms with E-state index < -0.39 is 0 Å². The Balaban J connectivity index is 1.96. The van der Waals surface area contributed by atoms with E-state index in [0.717, 1.165) is 11.3 Å². The lowest BCUT2D eigenvalue weighted by Gasteiger charge is -2.08. The van der Waals surface area contributed by atoms with Gasteiger partial charge in [0.15, 0.2) is 5.76 Å². The Bertz CT molecular complexity index is 773. The normalized spacial score (nSPS) is 10.6. The molecule has 2 aromatic heterocycles. The number of anilines is 1. The summed E-state index contributed by atoms with van der Waals surface area (Å²) in [5.41, 5.74) is 3.50. The van der Waals surface area contributed by atoms with Crippen molar-refractivity contribution in [2.75, 3.05) is 5.32 Å². The van der Waals surface area contributed by atoms with Crippen LogP contribution < -0.4 is 5.32 Å². The van der Waals surface area contributed by atoms with Gasteiger partial charge >= 0.3 is 0 Å². The molecule has 0 saturated carbocycles. The number of hydrogen-bond acceptors (Lipinski definition) is 3. The molecular weight excluding hydrogens is 266 g/mol. The average Bonchev–Trinajstić information content (AvgIpc) is 3.10. The lowest BCUT2D eigenvalue weighted by molar-refractivity contribution is 0.102. The van der Waals surface area contributed by atoms with Crippen LogP contribution in [-0.4, -0.2) is 16.1 Å². The summed E-state index contributed by atoms with van der Waals surface area (Å²) < 4.78 is 5.34. The topological polar surface area (TPSA) is 70.9 Å². The minimum Gasteiger partial charge on any atom is -0.463 e. The molecule has 0 aliphatic rings. The standard InChI is InChI=1S/C16H15N3O2/c1-10-6-3-4-7-12(10)17-16(20)14-11(2)18-19-15(14)13-8-5-9-21-13/h3-9H,1-2H3,(H,17,20)(H,18,19). The number of para-hydroxylation sites is 1. The zero-order valence-electron chi connectivity index (χ0n) is 11.8. The molecule has 0 fully saturated rings.